The van der Waals surface area contributed by atoms with Gasteiger partial charge in [0.2, 0.25) is 0 Å². The van der Waals surface area contributed by atoms with Crippen molar-refractivity contribution in [2.75, 3.05) is 13.2 Å². The quantitative estimate of drug-likeness (QED) is 0.823. The van der Waals surface area contributed by atoms with Gasteiger partial charge in [0.15, 0.2) is 0 Å². The van der Waals surface area contributed by atoms with Crippen LogP contribution in [0.3, 0.4) is 0 Å². The fourth-order valence-electron chi connectivity index (χ4n) is 1.72. The third-order valence-electron chi connectivity index (χ3n) is 2.56. The van der Waals surface area contributed by atoms with Gasteiger partial charge < -0.3 is 10.1 Å². The highest BCUT2D eigenvalue weighted by Gasteiger charge is 2.15. The van der Waals surface area contributed by atoms with Crippen molar-refractivity contribution in [2.45, 2.75) is 46.8 Å². The second kappa shape index (κ2) is 6.67. The van der Waals surface area contributed by atoms with E-state index in [0.717, 1.165) is 17.9 Å². The van der Waals surface area contributed by atoms with Crippen LogP contribution in [0.2, 0.25) is 0 Å². The van der Waals surface area contributed by atoms with Crippen molar-refractivity contribution in [3.63, 3.8) is 0 Å². The van der Waals surface area contributed by atoms with Gasteiger partial charge in [-0.25, -0.2) is 0 Å². The third-order valence-corrected chi connectivity index (χ3v) is 2.56. The van der Waals surface area contributed by atoms with Gasteiger partial charge in [0.05, 0.1) is 30.1 Å². The summed E-state index contributed by atoms with van der Waals surface area (Å²) in [6, 6.07) is 2.27. The van der Waals surface area contributed by atoms with Gasteiger partial charge >= 0.3 is 0 Å². The maximum atomic E-state index is 5.70. The first-order valence-corrected chi connectivity index (χ1v) is 6.20. The number of ether oxygens (including phenoxy) is 1. The lowest BCUT2D eigenvalue weighted by Gasteiger charge is -2.21. The van der Waals surface area contributed by atoms with E-state index in [1.165, 1.54) is 5.56 Å². The number of aromatic nitrogens is 2. The van der Waals surface area contributed by atoms with Crippen LogP contribution in [0.25, 0.3) is 0 Å². The Morgan fingerprint density at radius 1 is 1.29 bits per heavy atom. The molecule has 4 heteroatoms. The SMILES string of the molecule is CCNC(COC(C)C)c1cc(C)nnc1C. The molecular weight excluding hydrogens is 214 g/mol. The summed E-state index contributed by atoms with van der Waals surface area (Å²) in [4.78, 5) is 0. The molecule has 0 bridgehead atoms. The summed E-state index contributed by atoms with van der Waals surface area (Å²) in [6.07, 6.45) is 0.243. The zero-order valence-corrected chi connectivity index (χ0v) is 11.4. The van der Waals surface area contributed by atoms with E-state index in [-0.39, 0.29) is 12.1 Å². The molecule has 0 aromatic carbocycles. The summed E-state index contributed by atoms with van der Waals surface area (Å²) in [5, 5.41) is 11.7. The molecule has 0 amide bonds. The molecule has 0 spiro atoms. The van der Waals surface area contributed by atoms with Gasteiger partial charge in [-0.3, -0.25) is 0 Å². The Morgan fingerprint density at radius 3 is 2.59 bits per heavy atom. The molecule has 0 saturated carbocycles. The van der Waals surface area contributed by atoms with Crippen LogP contribution in [0.15, 0.2) is 6.07 Å². The summed E-state index contributed by atoms with van der Waals surface area (Å²) >= 11 is 0. The first-order valence-electron chi connectivity index (χ1n) is 6.20. The summed E-state index contributed by atoms with van der Waals surface area (Å²) in [5.74, 6) is 0. The summed E-state index contributed by atoms with van der Waals surface area (Å²) < 4.78 is 5.70. The second-order valence-corrected chi connectivity index (χ2v) is 4.52. The zero-order valence-electron chi connectivity index (χ0n) is 11.4. The van der Waals surface area contributed by atoms with E-state index < -0.39 is 0 Å². The highest BCUT2D eigenvalue weighted by molar-refractivity contribution is 5.23. The number of likely N-dealkylation sites (N-methyl/N-ethyl adjacent to an activating group) is 1. The van der Waals surface area contributed by atoms with Gasteiger partial charge in [0, 0.05) is 0 Å². The van der Waals surface area contributed by atoms with E-state index in [1.54, 1.807) is 0 Å². The van der Waals surface area contributed by atoms with Crippen molar-refractivity contribution in [2.24, 2.45) is 0 Å². The molecule has 17 heavy (non-hydrogen) atoms. The molecule has 0 aliphatic rings. The van der Waals surface area contributed by atoms with Crippen molar-refractivity contribution in [1.29, 1.82) is 0 Å². The Bertz CT molecular complexity index is 353. The van der Waals surface area contributed by atoms with Gasteiger partial charge in [-0.15, -0.1) is 0 Å². The summed E-state index contributed by atoms with van der Waals surface area (Å²) in [5.41, 5.74) is 3.09. The van der Waals surface area contributed by atoms with Crippen molar-refractivity contribution in [1.82, 2.24) is 15.5 Å². The van der Waals surface area contributed by atoms with Crippen molar-refractivity contribution in [3.8, 4) is 0 Å². The third kappa shape index (κ3) is 4.40. The molecule has 1 unspecified atom stereocenters. The average Bonchev–Trinajstić information content (AvgIpc) is 2.27. The Balaban J connectivity index is 2.84. The molecule has 1 rings (SSSR count). The Morgan fingerprint density at radius 2 is 2.00 bits per heavy atom. The van der Waals surface area contributed by atoms with Crippen molar-refractivity contribution < 1.29 is 4.74 Å². The highest BCUT2D eigenvalue weighted by Crippen LogP contribution is 2.17. The van der Waals surface area contributed by atoms with Crippen LogP contribution < -0.4 is 5.32 Å². The van der Waals surface area contributed by atoms with Crippen LogP contribution in [0.1, 0.15) is 43.8 Å². The fourth-order valence-corrected chi connectivity index (χ4v) is 1.72. The number of aryl methyl sites for hydroxylation is 2. The lowest BCUT2D eigenvalue weighted by Crippen LogP contribution is -2.27. The predicted molar refractivity (Wildman–Crippen MR) is 69.0 cm³/mol. The van der Waals surface area contributed by atoms with Crippen LogP contribution in [-0.4, -0.2) is 29.5 Å². The summed E-state index contributed by atoms with van der Waals surface area (Å²) in [7, 11) is 0. The normalized spacial score (nSPS) is 13.1. The fraction of sp³-hybridized carbons (Fsp3) is 0.692. The lowest BCUT2D eigenvalue weighted by atomic mass is 10.1. The minimum absolute atomic E-state index is 0.191. The molecule has 96 valence electrons. The van der Waals surface area contributed by atoms with E-state index in [0.29, 0.717) is 6.61 Å². The van der Waals surface area contributed by atoms with E-state index >= 15 is 0 Å². The smallest absolute Gasteiger partial charge is 0.0665 e. The Hall–Kier alpha value is -1.00. The number of nitrogens with zero attached hydrogens (tertiary/aromatic N) is 2. The average molecular weight is 237 g/mol. The van der Waals surface area contributed by atoms with Crippen LogP contribution >= 0.6 is 0 Å². The van der Waals surface area contributed by atoms with Gasteiger partial charge in [0.1, 0.15) is 0 Å². The molecule has 0 saturated heterocycles. The lowest BCUT2D eigenvalue weighted by molar-refractivity contribution is 0.0612. The molecule has 0 fully saturated rings. The van der Waals surface area contributed by atoms with Crippen molar-refractivity contribution in [3.05, 3.63) is 23.0 Å². The van der Waals surface area contributed by atoms with E-state index in [2.05, 4.69) is 28.5 Å². The van der Waals surface area contributed by atoms with Gasteiger partial charge in [-0.2, -0.15) is 10.2 Å². The minimum atomic E-state index is 0.191. The monoisotopic (exact) mass is 237 g/mol. The minimum Gasteiger partial charge on any atom is -0.377 e. The van der Waals surface area contributed by atoms with Gasteiger partial charge in [0.25, 0.3) is 0 Å². The number of rotatable bonds is 6. The number of hydrogen-bond acceptors (Lipinski definition) is 4. The van der Waals surface area contributed by atoms with Crippen LogP contribution in [0.5, 0.6) is 0 Å². The second-order valence-electron chi connectivity index (χ2n) is 4.52. The number of hydrogen-bond donors (Lipinski definition) is 1. The maximum Gasteiger partial charge on any atom is 0.0665 e. The summed E-state index contributed by atoms with van der Waals surface area (Å²) in [6.45, 7) is 11.7. The topological polar surface area (TPSA) is 47.0 Å². The zero-order chi connectivity index (χ0) is 12.8. The largest absolute Gasteiger partial charge is 0.377 e. The molecule has 0 radical (unpaired) electrons. The first-order chi connectivity index (χ1) is 8.04. The maximum absolute atomic E-state index is 5.70. The Kier molecular flexibility index (Phi) is 5.51. The van der Waals surface area contributed by atoms with E-state index in [4.69, 9.17) is 4.74 Å². The van der Waals surface area contributed by atoms with Crippen molar-refractivity contribution >= 4 is 0 Å². The molecule has 4 nitrogen and oxygen atoms in total. The molecule has 1 N–H and O–H groups in total. The predicted octanol–water partition coefficient (Wildman–Crippen LogP) is 2.17. The van der Waals surface area contributed by atoms with Crippen LogP contribution in [-0.2, 0) is 4.74 Å². The molecule has 1 aromatic heterocycles. The van der Waals surface area contributed by atoms with Gasteiger partial charge in [-0.1, -0.05) is 6.92 Å². The molecular formula is C13H23N3O. The number of nitrogens with one attached hydrogen (secondary N) is 1. The Labute approximate surface area is 104 Å². The standard InChI is InChI=1S/C13H23N3O/c1-6-14-13(8-17-9(2)3)12-7-10(4)15-16-11(12)5/h7,9,13-14H,6,8H2,1-5H3. The molecule has 0 aliphatic carbocycles. The van der Waals surface area contributed by atoms with Crippen LogP contribution in [0.4, 0.5) is 0 Å². The molecule has 1 aromatic rings. The van der Waals surface area contributed by atoms with E-state index in [9.17, 15) is 0 Å². The van der Waals surface area contributed by atoms with Gasteiger partial charge in [-0.05, 0) is 45.9 Å². The first kappa shape index (κ1) is 14.1. The van der Waals surface area contributed by atoms with E-state index in [1.807, 2.05) is 27.7 Å². The molecule has 1 heterocycles. The molecule has 0 aliphatic heterocycles. The van der Waals surface area contributed by atoms with Crippen LogP contribution in [0, 0.1) is 13.8 Å². The molecule has 1 atom stereocenters. The highest BCUT2D eigenvalue weighted by atomic mass is 16.5.